The fraction of sp³-hybridized carbons (Fsp3) is 1.00. The standard InChI is InChI=1S/C14H28N2/c1-2-3-5-9-15-10-7-12-16-11-6-4-8-14(16)13-15/h14H,2-13H2,1H3. The van der Waals surface area contributed by atoms with E-state index in [1.54, 1.807) is 0 Å². The molecule has 0 spiro atoms. The molecule has 2 aliphatic heterocycles. The lowest BCUT2D eigenvalue weighted by molar-refractivity contribution is 0.136. The Balaban J connectivity index is 1.77. The highest BCUT2D eigenvalue weighted by Gasteiger charge is 2.26. The van der Waals surface area contributed by atoms with E-state index in [1.807, 2.05) is 0 Å². The third kappa shape index (κ3) is 3.46. The summed E-state index contributed by atoms with van der Waals surface area (Å²) in [6, 6.07) is 0.887. The molecule has 0 aliphatic carbocycles. The van der Waals surface area contributed by atoms with Crippen LogP contribution in [0.5, 0.6) is 0 Å². The van der Waals surface area contributed by atoms with Gasteiger partial charge in [0.15, 0.2) is 0 Å². The van der Waals surface area contributed by atoms with Crippen molar-refractivity contribution < 1.29 is 0 Å². The second-order valence-electron chi connectivity index (χ2n) is 5.55. The summed E-state index contributed by atoms with van der Waals surface area (Å²) in [7, 11) is 0. The second-order valence-corrected chi connectivity index (χ2v) is 5.55. The quantitative estimate of drug-likeness (QED) is 0.678. The van der Waals surface area contributed by atoms with Crippen LogP contribution in [0.4, 0.5) is 0 Å². The van der Waals surface area contributed by atoms with E-state index in [4.69, 9.17) is 0 Å². The molecular weight excluding hydrogens is 196 g/mol. The molecule has 0 saturated carbocycles. The maximum atomic E-state index is 2.75. The van der Waals surface area contributed by atoms with Crippen molar-refractivity contribution in [2.24, 2.45) is 0 Å². The molecule has 0 N–H and O–H groups in total. The maximum Gasteiger partial charge on any atom is 0.0223 e. The van der Waals surface area contributed by atoms with Crippen molar-refractivity contribution in [3.63, 3.8) is 0 Å². The molecule has 0 aromatic rings. The van der Waals surface area contributed by atoms with Crippen LogP contribution in [0.2, 0.25) is 0 Å². The summed E-state index contributed by atoms with van der Waals surface area (Å²) >= 11 is 0. The lowest BCUT2D eigenvalue weighted by Crippen LogP contribution is -2.44. The van der Waals surface area contributed by atoms with Crippen LogP contribution < -0.4 is 0 Å². The van der Waals surface area contributed by atoms with Gasteiger partial charge >= 0.3 is 0 Å². The summed E-state index contributed by atoms with van der Waals surface area (Å²) in [5.74, 6) is 0. The highest BCUT2D eigenvalue weighted by Crippen LogP contribution is 2.21. The second kappa shape index (κ2) is 6.61. The molecule has 2 nitrogen and oxygen atoms in total. The summed E-state index contributed by atoms with van der Waals surface area (Å²) in [5.41, 5.74) is 0. The number of hydrogen-bond donors (Lipinski definition) is 0. The van der Waals surface area contributed by atoms with Crippen LogP contribution in [0.3, 0.4) is 0 Å². The maximum absolute atomic E-state index is 2.75. The third-order valence-electron chi connectivity index (χ3n) is 4.22. The Hall–Kier alpha value is -0.0800. The van der Waals surface area contributed by atoms with Gasteiger partial charge in [0, 0.05) is 12.6 Å². The van der Waals surface area contributed by atoms with Gasteiger partial charge < -0.3 is 4.90 Å². The summed E-state index contributed by atoms with van der Waals surface area (Å²) < 4.78 is 0. The SMILES string of the molecule is CCCCCN1CCCN2CCCCC2C1. The molecule has 2 heterocycles. The van der Waals surface area contributed by atoms with Gasteiger partial charge in [-0.3, -0.25) is 4.90 Å². The Morgan fingerprint density at radius 3 is 2.75 bits per heavy atom. The van der Waals surface area contributed by atoms with Crippen molar-refractivity contribution in [2.45, 2.75) is 57.9 Å². The Kier molecular flexibility index (Phi) is 5.11. The molecule has 0 amide bonds. The highest BCUT2D eigenvalue weighted by atomic mass is 15.2. The van der Waals surface area contributed by atoms with E-state index in [0.717, 1.165) is 6.04 Å². The topological polar surface area (TPSA) is 6.48 Å². The Labute approximate surface area is 101 Å². The minimum absolute atomic E-state index is 0.887. The molecule has 0 aromatic heterocycles. The lowest BCUT2D eigenvalue weighted by atomic mass is 10.0. The van der Waals surface area contributed by atoms with Gasteiger partial charge in [-0.25, -0.2) is 0 Å². The first-order valence-corrected chi connectivity index (χ1v) is 7.36. The molecule has 2 fully saturated rings. The van der Waals surface area contributed by atoms with Crippen molar-refractivity contribution in [1.82, 2.24) is 9.80 Å². The number of piperidine rings is 1. The number of rotatable bonds is 4. The number of unbranched alkanes of at least 4 members (excludes halogenated alkanes) is 2. The summed E-state index contributed by atoms with van der Waals surface area (Å²) in [6.45, 7) is 9.06. The normalized spacial score (nSPS) is 28.7. The molecule has 94 valence electrons. The van der Waals surface area contributed by atoms with Gasteiger partial charge in [-0.2, -0.15) is 0 Å². The molecule has 1 unspecified atom stereocenters. The summed E-state index contributed by atoms with van der Waals surface area (Å²) in [4.78, 5) is 5.48. The molecule has 1 atom stereocenters. The zero-order valence-electron chi connectivity index (χ0n) is 11.0. The molecule has 0 bridgehead atoms. The molecule has 2 aliphatic rings. The van der Waals surface area contributed by atoms with Crippen molar-refractivity contribution in [3.05, 3.63) is 0 Å². The van der Waals surface area contributed by atoms with E-state index in [0.29, 0.717) is 0 Å². The Bertz CT molecular complexity index is 193. The van der Waals surface area contributed by atoms with Gasteiger partial charge in [0.25, 0.3) is 0 Å². The smallest absolute Gasteiger partial charge is 0.0223 e. The monoisotopic (exact) mass is 224 g/mol. The average molecular weight is 224 g/mol. The van der Waals surface area contributed by atoms with Crippen molar-refractivity contribution in [3.8, 4) is 0 Å². The van der Waals surface area contributed by atoms with Crippen LogP contribution in [-0.2, 0) is 0 Å². The van der Waals surface area contributed by atoms with Crippen LogP contribution in [0.25, 0.3) is 0 Å². The third-order valence-corrected chi connectivity index (χ3v) is 4.22. The van der Waals surface area contributed by atoms with Gasteiger partial charge in [0.1, 0.15) is 0 Å². The summed E-state index contributed by atoms with van der Waals surface area (Å²) in [5, 5.41) is 0. The average Bonchev–Trinajstić information content (AvgIpc) is 2.51. The van der Waals surface area contributed by atoms with Crippen LogP contribution in [-0.4, -0.2) is 48.6 Å². The van der Waals surface area contributed by atoms with Gasteiger partial charge in [-0.15, -0.1) is 0 Å². The predicted octanol–water partition coefficient (Wildman–Crippen LogP) is 2.74. The van der Waals surface area contributed by atoms with Crippen LogP contribution in [0, 0.1) is 0 Å². The molecule has 2 saturated heterocycles. The van der Waals surface area contributed by atoms with Gasteiger partial charge in [0.05, 0.1) is 0 Å². The van der Waals surface area contributed by atoms with E-state index in [2.05, 4.69) is 16.7 Å². The molecular formula is C14H28N2. The first-order valence-electron chi connectivity index (χ1n) is 7.36. The summed E-state index contributed by atoms with van der Waals surface area (Å²) in [6.07, 6.45) is 9.90. The highest BCUT2D eigenvalue weighted by molar-refractivity contribution is 4.83. The molecule has 2 rings (SSSR count). The van der Waals surface area contributed by atoms with Crippen molar-refractivity contribution >= 4 is 0 Å². The van der Waals surface area contributed by atoms with Crippen molar-refractivity contribution in [2.75, 3.05) is 32.7 Å². The first kappa shape index (κ1) is 12.4. The van der Waals surface area contributed by atoms with E-state index in [-0.39, 0.29) is 0 Å². The predicted molar refractivity (Wildman–Crippen MR) is 69.8 cm³/mol. The van der Waals surface area contributed by atoms with E-state index in [1.165, 1.54) is 77.7 Å². The minimum Gasteiger partial charge on any atom is -0.302 e. The fourth-order valence-corrected chi connectivity index (χ4v) is 3.24. The molecule has 2 heteroatoms. The minimum atomic E-state index is 0.887. The van der Waals surface area contributed by atoms with Gasteiger partial charge in [0.2, 0.25) is 0 Å². The van der Waals surface area contributed by atoms with E-state index >= 15 is 0 Å². The zero-order chi connectivity index (χ0) is 11.2. The zero-order valence-corrected chi connectivity index (χ0v) is 11.0. The first-order chi connectivity index (χ1) is 7.90. The molecule has 0 radical (unpaired) electrons. The van der Waals surface area contributed by atoms with E-state index in [9.17, 15) is 0 Å². The Morgan fingerprint density at radius 1 is 1.00 bits per heavy atom. The van der Waals surface area contributed by atoms with E-state index < -0.39 is 0 Å². The fourth-order valence-electron chi connectivity index (χ4n) is 3.24. The van der Waals surface area contributed by atoms with Gasteiger partial charge in [-0.05, 0) is 51.9 Å². The largest absolute Gasteiger partial charge is 0.302 e. The molecule has 16 heavy (non-hydrogen) atoms. The van der Waals surface area contributed by atoms with Crippen LogP contribution in [0.15, 0.2) is 0 Å². The van der Waals surface area contributed by atoms with Crippen LogP contribution in [0.1, 0.15) is 51.9 Å². The molecule has 0 aromatic carbocycles. The van der Waals surface area contributed by atoms with Gasteiger partial charge in [-0.1, -0.05) is 26.2 Å². The lowest BCUT2D eigenvalue weighted by Gasteiger charge is -2.35. The number of nitrogens with zero attached hydrogens (tertiary/aromatic N) is 2. The Morgan fingerprint density at radius 2 is 1.88 bits per heavy atom. The number of hydrogen-bond acceptors (Lipinski definition) is 2. The number of fused-ring (bicyclic) bond motifs is 1. The van der Waals surface area contributed by atoms with Crippen LogP contribution >= 0.6 is 0 Å². The van der Waals surface area contributed by atoms with Crippen molar-refractivity contribution in [1.29, 1.82) is 0 Å².